The van der Waals surface area contributed by atoms with E-state index < -0.39 is 0 Å². The van der Waals surface area contributed by atoms with Crippen molar-refractivity contribution in [2.75, 3.05) is 5.32 Å². The van der Waals surface area contributed by atoms with E-state index in [4.69, 9.17) is 0 Å². The Morgan fingerprint density at radius 2 is 1.70 bits per heavy atom. The predicted molar refractivity (Wildman–Crippen MR) is 113 cm³/mol. The molecule has 7 heteroatoms. The van der Waals surface area contributed by atoms with Gasteiger partial charge in [0.15, 0.2) is 5.82 Å². The zero-order valence-corrected chi connectivity index (χ0v) is 15.9. The molecule has 6 nitrogen and oxygen atoms in total. The first-order valence-electron chi connectivity index (χ1n) is 9.31. The molecule has 0 atom stereocenters. The lowest BCUT2D eigenvalue weighted by atomic mass is 10.2. The van der Waals surface area contributed by atoms with Crippen molar-refractivity contribution < 1.29 is 9.18 Å². The predicted octanol–water partition coefficient (Wildman–Crippen LogP) is 4.35. The van der Waals surface area contributed by atoms with E-state index >= 15 is 0 Å². The van der Waals surface area contributed by atoms with Crippen molar-refractivity contribution in [3.63, 3.8) is 0 Å². The van der Waals surface area contributed by atoms with E-state index in [1.807, 2.05) is 42.5 Å². The van der Waals surface area contributed by atoms with Gasteiger partial charge in [0.2, 0.25) is 0 Å². The number of nitrogens with zero attached hydrogens (tertiary/aromatic N) is 3. The molecule has 0 saturated heterocycles. The second-order valence-corrected chi connectivity index (χ2v) is 6.50. The van der Waals surface area contributed by atoms with E-state index in [0.29, 0.717) is 23.9 Å². The SMILES string of the molecule is O=C(NCc1ccncc1)c1cc(Nc2cccc(F)c2)nc(-c2ccccc2)n1. The molecule has 1 amide bonds. The number of rotatable bonds is 6. The van der Waals surface area contributed by atoms with Crippen LogP contribution in [0.4, 0.5) is 15.9 Å². The molecule has 0 fully saturated rings. The van der Waals surface area contributed by atoms with Gasteiger partial charge in [-0.05, 0) is 35.9 Å². The molecule has 0 aliphatic heterocycles. The number of halogens is 1. The molecule has 0 spiro atoms. The van der Waals surface area contributed by atoms with E-state index in [0.717, 1.165) is 11.1 Å². The van der Waals surface area contributed by atoms with Crippen molar-refractivity contribution in [2.45, 2.75) is 6.54 Å². The number of anilines is 2. The lowest BCUT2D eigenvalue weighted by molar-refractivity contribution is 0.0946. The minimum Gasteiger partial charge on any atom is -0.347 e. The van der Waals surface area contributed by atoms with Gasteiger partial charge in [-0.3, -0.25) is 9.78 Å². The van der Waals surface area contributed by atoms with Gasteiger partial charge >= 0.3 is 0 Å². The molecule has 0 saturated carbocycles. The van der Waals surface area contributed by atoms with Gasteiger partial charge in [0.05, 0.1) is 0 Å². The first kappa shape index (κ1) is 19.2. The molecule has 2 N–H and O–H groups in total. The Morgan fingerprint density at radius 1 is 0.900 bits per heavy atom. The summed E-state index contributed by atoms with van der Waals surface area (Å²) in [6.45, 7) is 0.346. The average Bonchev–Trinajstić information content (AvgIpc) is 2.78. The second-order valence-electron chi connectivity index (χ2n) is 6.50. The molecular formula is C23H18FN5O. The van der Waals surface area contributed by atoms with Crippen molar-refractivity contribution in [2.24, 2.45) is 0 Å². The fourth-order valence-corrected chi connectivity index (χ4v) is 2.83. The molecule has 0 aliphatic rings. The highest BCUT2D eigenvalue weighted by Crippen LogP contribution is 2.21. The third kappa shape index (κ3) is 4.82. The summed E-state index contributed by atoms with van der Waals surface area (Å²) in [7, 11) is 0. The number of hydrogen-bond acceptors (Lipinski definition) is 5. The molecular weight excluding hydrogens is 381 g/mol. The van der Waals surface area contributed by atoms with Crippen LogP contribution < -0.4 is 10.6 Å². The number of nitrogens with one attached hydrogen (secondary N) is 2. The van der Waals surface area contributed by atoms with Gasteiger partial charge in [-0.15, -0.1) is 0 Å². The van der Waals surface area contributed by atoms with Crippen molar-refractivity contribution in [1.29, 1.82) is 0 Å². The first-order valence-corrected chi connectivity index (χ1v) is 9.31. The summed E-state index contributed by atoms with van der Waals surface area (Å²) in [5.74, 6) is 0.0796. The maximum Gasteiger partial charge on any atom is 0.270 e. The summed E-state index contributed by atoms with van der Waals surface area (Å²) in [5, 5.41) is 5.89. The fraction of sp³-hybridized carbons (Fsp3) is 0.0435. The highest BCUT2D eigenvalue weighted by atomic mass is 19.1. The molecule has 30 heavy (non-hydrogen) atoms. The summed E-state index contributed by atoms with van der Waals surface area (Å²) in [5.41, 5.74) is 2.42. The first-order chi connectivity index (χ1) is 14.7. The van der Waals surface area contributed by atoms with Crippen LogP contribution in [0, 0.1) is 5.82 Å². The van der Waals surface area contributed by atoms with E-state index in [9.17, 15) is 9.18 Å². The van der Waals surface area contributed by atoms with E-state index in [2.05, 4.69) is 25.6 Å². The zero-order valence-electron chi connectivity index (χ0n) is 15.9. The summed E-state index contributed by atoms with van der Waals surface area (Å²) >= 11 is 0. The van der Waals surface area contributed by atoms with Gasteiger partial charge < -0.3 is 10.6 Å². The van der Waals surface area contributed by atoms with Crippen LogP contribution in [0.1, 0.15) is 16.1 Å². The van der Waals surface area contributed by atoms with Crippen LogP contribution in [0.5, 0.6) is 0 Å². The molecule has 0 radical (unpaired) electrons. The van der Waals surface area contributed by atoms with Gasteiger partial charge in [0.25, 0.3) is 5.91 Å². The van der Waals surface area contributed by atoms with Crippen LogP contribution in [0.2, 0.25) is 0 Å². The number of amides is 1. The summed E-state index contributed by atoms with van der Waals surface area (Å²) in [4.78, 5) is 25.6. The molecule has 0 unspecified atom stereocenters. The van der Waals surface area contributed by atoms with Crippen LogP contribution in [0.15, 0.2) is 85.2 Å². The lowest BCUT2D eigenvalue weighted by Crippen LogP contribution is -2.24. The highest BCUT2D eigenvalue weighted by Gasteiger charge is 2.13. The number of aromatic nitrogens is 3. The average molecular weight is 399 g/mol. The van der Waals surface area contributed by atoms with E-state index in [1.54, 1.807) is 30.6 Å². The third-order valence-corrected chi connectivity index (χ3v) is 4.29. The Kier molecular flexibility index (Phi) is 5.70. The van der Waals surface area contributed by atoms with Crippen molar-refractivity contribution in [1.82, 2.24) is 20.3 Å². The highest BCUT2D eigenvalue weighted by molar-refractivity contribution is 5.93. The Morgan fingerprint density at radius 3 is 2.47 bits per heavy atom. The molecule has 148 valence electrons. The molecule has 2 heterocycles. The topological polar surface area (TPSA) is 79.8 Å². The largest absolute Gasteiger partial charge is 0.347 e. The Bertz CT molecular complexity index is 1150. The minimum atomic E-state index is -0.368. The molecule has 0 aliphatic carbocycles. The quantitative estimate of drug-likeness (QED) is 0.504. The van der Waals surface area contributed by atoms with Gasteiger partial charge in [0, 0.05) is 36.3 Å². The maximum atomic E-state index is 13.5. The number of hydrogen-bond donors (Lipinski definition) is 2. The Hall–Kier alpha value is -4.13. The normalized spacial score (nSPS) is 10.4. The fourth-order valence-electron chi connectivity index (χ4n) is 2.83. The van der Waals surface area contributed by atoms with Crippen molar-refractivity contribution >= 4 is 17.4 Å². The van der Waals surface area contributed by atoms with Crippen molar-refractivity contribution in [3.05, 3.63) is 102 Å². The molecule has 4 aromatic rings. The monoisotopic (exact) mass is 399 g/mol. The number of carbonyl (C=O) groups excluding carboxylic acids is 1. The molecule has 2 aromatic carbocycles. The Labute approximate surface area is 172 Å². The van der Waals surface area contributed by atoms with Gasteiger partial charge in [-0.2, -0.15) is 0 Å². The standard InChI is InChI=1S/C23H18FN5O/c24-18-7-4-8-19(13-18)27-21-14-20(23(30)26-15-16-9-11-25-12-10-16)28-22(29-21)17-5-2-1-3-6-17/h1-14H,15H2,(H,26,30)(H,27,28,29). The minimum absolute atomic E-state index is 0.205. The van der Waals surface area contributed by atoms with E-state index in [1.165, 1.54) is 12.1 Å². The van der Waals surface area contributed by atoms with Gasteiger partial charge in [0.1, 0.15) is 17.3 Å². The van der Waals surface area contributed by atoms with Crippen LogP contribution in [-0.4, -0.2) is 20.9 Å². The summed E-state index contributed by atoms with van der Waals surface area (Å²) < 4.78 is 13.5. The zero-order chi connectivity index (χ0) is 20.8. The molecule has 0 bridgehead atoms. The Balaban J connectivity index is 1.63. The number of pyridine rings is 1. The second kappa shape index (κ2) is 8.91. The number of carbonyl (C=O) groups is 1. The third-order valence-electron chi connectivity index (χ3n) is 4.29. The van der Waals surface area contributed by atoms with Crippen LogP contribution in [-0.2, 0) is 6.54 Å². The summed E-state index contributed by atoms with van der Waals surface area (Å²) in [6, 6.07) is 20.6. The number of benzene rings is 2. The van der Waals surface area contributed by atoms with Crippen molar-refractivity contribution in [3.8, 4) is 11.4 Å². The molecule has 2 aromatic heterocycles. The maximum absolute atomic E-state index is 13.5. The lowest BCUT2D eigenvalue weighted by Gasteiger charge is -2.11. The van der Waals surface area contributed by atoms with Crippen LogP contribution >= 0.6 is 0 Å². The summed E-state index contributed by atoms with van der Waals surface area (Å²) in [6.07, 6.45) is 3.33. The smallest absolute Gasteiger partial charge is 0.270 e. The van der Waals surface area contributed by atoms with Gasteiger partial charge in [-0.25, -0.2) is 14.4 Å². The van der Waals surface area contributed by atoms with Crippen LogP contribution in [0.3, 0.4) is 0 Å². The van der Waals surface area contributed by atoms with Crippen LogP contribution in [0.25, 0.3) is 11.4 Å². The molecule has 4 rings (SSSR count). The van der Waals surface area contributed by atoms with E-state index in [-0.39, 0.29) is 17.4 Å². The van der Waals surface area contributed by atoms with Gasteiger partial charge in [-0.1, -0.05) is 36.4 Å².